The Kier molecular flexibility index (Phi) is 6.54. The van der Waals surface area contributed by atoms with Gasteiger partial charge in [0.25, 0.3) is 0 Å². The second-order valence-electron chi connectivity index (χ2n) is 8.08. The number of carbonyl (C=O) groups excluding carboxylic acids is 1. The summed E-state index contributed by atoms with van der Waals surface area (Å²) in [6, 6.07) is 0. The second kappa shape index (κ2) is 8.19. The molecule has 2 aliphatic rings. The average molecular weight is 310 g/mol. The van der Waals surface area contributed by atoms with Gasteiger partial charge in [0.2, 0.25) is 0 Å². The van der Waals surface area contributed by atoms with E-state index in [0.29, 0.717) is 5.92 Å². The van der Waals surface area contributed by atoms with E-state index in [4.69, 9.17) is 4.74 Å². The Morgan fingerprint density at radius 1 is 1.18 bits per heavy atom. The number of piperidine rings is 2. The molecule has 2 rings (SSSR count). The fourth-order valence-corrected chi connectivity index (χ4v) is 3.66. The van der Waals surface area contributed by atoms with E-state index in [0.717, 1.165) is 25.4 Å². The molecule has 1 N–H and O–H groups in total. The van der Waals surface area contributed by atoms with Crippen LogP contribution >= 0.6 is 0 Å². The van der Waals surface area contributed by atoms with Crippen LogP contribution in [0.3, 0.4) is 0 Å². The predicted molar refractivity (Wildman–Crippen MR) is 90.0 cm³/mol. The van der Waals surface area contributed by atoms with Crippen LogP contribution in [0, 0.1) is 11.8 Å². The van der Waals surface area contributed by atoms with Crippen LogP contribution in [0.1, 0.15) is 65.7 Å². The van der Waals surface area contributed by atoms with Crippen LogP contribution < -0.4 is 5.32 Å². The normalized spacial score (nSPS) is 26.8. The molecule has 0 aromatic carbocycles. The van der Waals surface area contributed by atoms with Gasteiger partial charge in [-0.2, -0.15) is 0 Å². The van der Waals surface area contributed by atoms with E-state index in [1.165, 1.54) is 51.6 Å². The predicted octanol–water partition coefficient (Wildman–Crippen LogP) is 3.80. The second-order valence-corrected chi connectivity index (χ2v) is 8.08. The Morgan fingerprint density at radius 2 is 1.91 bits per heavy atom. The van der Waals surface area contributed by atoms with Gasteiger partial charge in [-0.05, 0) is 84.2 Å². The quantitative estimate of drug-likeness (QED) is 0.858. The van der Waals surface area contributed by atoms with Crippen molar-refractivity contribution < 1.29 is 9.53 Å². The van der Waals surface area contributed by atoms with Crippen molar-refractivity contribution in [3.63, 3.8) is 0 Å². The minimum absolute atomic E-state index is 0.131. The standard InChI is InChI=1S/C18H34N2O2/c1-18(2,3)22-17(21)20-12-6-10-16(14-20)8-4-7-15-9-5-11-19-13-15/h15-16,19H,4-14H2,1-3H3. The lowest BCUT2D eigenvalue weighted by molar-refractivity contribution is 0.0160. The molecule has 1 amide bonds. The zero-order valence-electron chi connectivity index (χ0n) is 14.7. The number of ether oxygens (including phenoxy) is 1. The zero-order chi connectivity index (χ0) is 16.0. The van der Waals surface area contributed by atoms with Gasteiger partial charge < -0.3 is 15.0 Å². The highest BCUT2D eigenvalue weighted by atomic mass is 16.6. The van der Waals surface area contributed by atoms with Crippen molar-refractivity contribution in [1.82, 2.24) is 10.2 Å². The molecule has 2 unspecified atom stereocenters. The van der Waals surface area contributed by atoms with Gasteiger partial charge >= 0.3 is 6.09 Å². The molecular weight excluding hydrogens is 276 g/mol. The van der Waals surface area contributed by atoms with Crippen LogP contribution in [0.4, 0.5) is 4.79 Å². The Hall–Kier alpha value is -0.770. The first-order valence-corrected chi connectivity index (χ1v) is 9.13. The fraction of sp³-hybridized carbons (Fsp3) is 0.944. The molecule has 2 saturated heterocycles. The molecule has 2 heterocycles. The molecule has 4 heteroatoms. The minimum Gasteiger partial charge on any atom is -0.444 e. The van der Waals surface area contributed by atoms with Crippen LogP contribution in [0.25, 0.3) is 0 Å². The lowest BCUT2D eigenvalue weighted by atomic mass is 9.88. The van der Waals surface area contributed by atoms with Gasteiger partial charge in [0.15, 0.2) is 0 Å². The third-order valence-corrected chi connectivity index (χ3v) is 4.79. The summed E-state index contributed by atoms with van der Waals surface area (Å²) in [7, 11) is 0. The summed E-state index contributed by atoms with van der Waals surface area (Å²) < 4.78 is 5.50. The lowest BCUT2D eigenvalue weighted by Crippen LogP contribution is -2.42. The number of hydrogen-bond donors (Lipinski definition) is 1. The SMILES string of the molecule is CC(C)(C)OC(=O)N1CCCC(CCCC2CCCNC2)C1. The van der Waals surface area contributed by atoms with Crippen molar-refractivity contribution in [2.75, 3.05) is 26.2 Å². The van der Waals surface area contributed by atoms with Gasteiger partial charge in [-0.1, -0.05) is 6.42 Å². The molecule has 0 bridgehead atoms. The molecule has 2 aliphatic heterocycles. The summed E-state index contributed by atoms with van der Waals surface area (Å²) >= 11 is 0. The number of likely N-dealkylation sites (tertiary alicyclic amines) is 1. The molecule has 0 aromatic heterocycles. The van der Waals surface area contributed by atoms with Crippen molar-refractivity contribution in [1.29, 1.82) is 0 Å². The van der Waals surface area contributed by atoms with Crippen molar-refractivity contribution in [3.05, 3.63) is 0 Å². The van der Waals surface area contributed by atoms with Gasteiger partial charge in [0.1, 0.15) is 5.60 Å². The maximum Gasteiger partial charge on any atom is 0.410 e. The number of nitrogens with one attached hydrogen (secondary N) is 1. The highest BCUT2D eigenvalue weighted by Gasteiger charge is 2.27. The molecule has 2 fully saturated rings. The van der Waals surface area contributed by atoms with E-state index in [9.17, 15) is 4.79 Å². The summed E-state index contributed by atoms with van der Waals surface area (Å²) in [6.45, 7) is 9.95. The highest BCUT2D eigenvalue weighted by Crippen LogP contribution is 2.25. The van der Waals surface area contributed by atoms with Crippen molar-refractivity contribution in [2.24, 2.45) is 11.8 Å². The summed E-state index contributed by atoms with van der Waals surface area (Å²) in [4.78, 5) is 14.1. The number of hydrogen-bond acceptors (Lipinski definition) is 3. The molecule has 0 aromatic rings. The Balaban J connectivity index is 1.67. The Labute approximate surface area is 136 Å². The zero-order valence-corrected chi connectivity index (χ0v) is 14.7. The van der Waals surface area contributed by atoms with Crippen LogP contribution in [-0.2, 0) is 4.74 Å². The monoisotopic (exact) mass is 310 g/mol. The topological polar surface area (TPSA) is 41.6 Å². The molecule has 2 atom stereocenters. The molecule has 0 radical (unpaired) electrons. The van der Waals surface area contributed by atoms with Gasteiger partial charge in [-0.15, -0.1) is 0 Å². The van der Waals surface area contributed by atoms with Crippen molar-refractivity contribution in [3.8, 4) is 0 Å². The molecule has 128 valence electrons. The van der Waals surface area contributed by atoms with Crippen molar-refractivity contribution in [2.45, 2.75) is 71.3 Å². The van der Waals surface area contributed by atoms with Gasteiger partial charge in [0, 0.05) is 13.1 Å². The molecular formula is C18H34N2O2. The Morgan fingerprint density at radius 3 is 2.59 bits per heavy atom. The minimum atomic E-state index is -0.391. The average Bonchev–Trinajstić information content (AvgIpc) is 2.47. The summed E-state index contributed by atoms with van der Waals surface area (Å²) in [5.41, 5.74) is -0.391. The highest BCUT2D eigenvalue weighted by molar-refractivity contribution is 5.68. The molecule has 0 aliphatic carbocycles. The first-order chi connectivity index (χ1) is 10.4. The molecule has 4 nitrogen and oxygen atoms in total. The van der Waals surface area contributed by atoms with E-state index >= 15 is 0 Å². The number of nitrogens with zero attached hydrogens (tertiary/aromatic N) is 1. The maximum absolute atomic E-state index is 12.2. The van der Waals surface area contributed by atoms with Crippen molar-refractivity contribution >= 4 is 6.09 Å². The van der Waals surface area contributed by atoms with E-state index in [1.807, 2.05) is 25.7 Å². The van der Waals surface area contributed by atoms with Crippen LogP contribution in [0.5, 0.6) is 0 Å². The van der Waals surface area contributed by atoms with E-state index in [-0.39, 0.29) is 6.09 Å². The van der Waals surface area contributed by atoms with Gasteiger partial charge in [-0.3, -0.25) is 0 Å². The first kappa shape index (κ1) is 17.6. The Bertz CT molecular complexity index is 345. The van der Waals surface area contributed by atoms with Gasteiger partial charge in [0.05, 0.1) is 0 Å². The third kappa shape index (κ3) is 6.15. The number of carbonyl (C=O) groups is 1. The largest absolute Gasteiger partial charge is 0.444 e. The summed E-state index contributed by atoms with van der Waals surface area (Å²) in [6.07, 6.45) is 8.89. The van der Waals surface area contributed by atoms with Crippen LogP contribution in [-0.4, -0.2) is 42.8 Å². The number of rotatable bonds is 4. The molecule has 0 spiro atoms. The van der Waals surface area contributed by atoms with Crippen LogP contribution in [0.2, 0.25) is 0 Å². The summed E-state index contributed by atoms with van der Waals surface area (Å²) in [5.74, 6) is 1.54. The van der Waals surface area contributed by atoms with Gasteiger partial charge in [-0.25, -0.2) is 4.79 Å². The first-order valence-electron chi connectivity index (χ1n) is 9.13. The van der Waals surface area contributed by atoms with E-state index < -0.39 is 5.60 Å². The fourth-order valence-electron chi connectivity index (χ4n) is 3.66. The summed E-state index contributed by atoms with van der Waals surface area (Å²) in [5, 5.41) is 3.50. The molecule has 22 heavy (non-hydrogen) atoms. The van der Waals surface area contributed by atoms with E-state index in [1.54, 1.807) is 0 Å². The number of amides is 1. The maximum atomic E-state index is 12.2. The van der Waals surface area contributed by atoms with Crippen LogP contribution in [0.15, 0.2) is 0 Å². The van der Waals surface area contributed by atoms with E-state index in [2.05, 4.69) is 5.32 Å². The smallest absolute Gasteiger partial charge is 0.410 e. The molecule has 0 saturated carbocycles. The third-order valence-electron chi connectivity index (χ3n) is 4.79. The lowest BCUT2D eigenvalue weighted by Gasteiger charge is -2.34.